The first kappa shape index (κ1) is 14.1. The minimum atomic E-state index is -0.247. The summed E-state index contributed by atoms with van der Waals surface area (Å²) in [5, 5.41) is 8.69. The Hall–Kier alpha value is -1.36. The van der Waals surface area contributed by atoms with Crippen LogP contribution in [0.15, 0.2) is 24.4 Å². The minimum Gasteiger partial charge on any atom is -0.251 e. The molecule has 0 N–H and O–H groups in total. The molecule has 0 fully saturated rings. The van der Waals surface area contributed by atoms with Crippen LogP contribution in [0.3, 0.4) is 0 Å². The average Bonchev–Trinajstić information content (AvgIpc) is 2.77. The largest absolute Gasteiger partial charge is 0.251 e. The number of aromatic nitrogens is 3. The van der Waals surface area contributed by atoms with Gasteiger partial charge in [0.2, 0.25) is 0 Å². The van der Waals surface area contributed by atoms with Gasteiger partial charge in [0.15, 0.2) is 0 Å². The van der Waals surface area contributed by atoms with E-state index < -0.39 is 0 Å². The van der Waals surface area contributed by atoms with Crippen LogP contribution in [-0.4, -0.2) is 26.0 Å². The van der Waals surface area contributed by atoms with Gasteiger partial charge in [0.05, 0.1) is 12.7 Å². The molecule has 0 saturated heterocycles. The van der Waals surface area contributed by atoms with E-state index in [0.717, 1.165) is 17.9 Å². The molecule has 3 nitrogen and oxygen atoms in total. The lowest BCUT2D eigenvalue weighted by molar-refractivity contribution is 0.628. The van der Waals surface area contributed by atoms with Crippen molar-refractivity contribution < 1.29 is 4.39 Å². The molecule has 0 spiro atoms. The molecule has 0 aliphatic heterocycles. The van der Waals surface area contributed by atoms with Gasteiger partial charge in [-0.3, -0.25) is 4.68 Å². The van der Waals surface area contributed by atoms with Crippen LogP contribution in [-0.2, 0) is 6.54 Å². The maximum Gasteiger partial charge on any atom is 0.132 e. The zero-order valence-corrected chi connectivity index (χ0v) is 12.2. The molecule has 0 bridgehead atoms. The molecule has 5 heteroatoms. The number of thioether (sulfide) groups is 1. The van der Waals surface area contributed by atoms with Crippen LogP contribution in [0.2, 0.25) is 0 Å². The SMILES string of the molecule is Cc1ccc(-c2cn(CCSC(C)C)nn2)c(F)c1. The van der Waals surface area contributed by atoms with E-state index in [1.807, 2.05) is 24.8 Å². The summed E-state index contributed by atoms with van der Waals surface area (Å²) in [6.45, 7) is 6.99. The number of benzene rings is 1. The van der Waals surface area contributed by atoms with Gasteiger partial charge in [-0.1, -0.05) is 25.1 Å². The lowest BCUT2D eigenvalue weighted by Gasteiger charge is -2.03. The van der Waals surface area contributed by atoms with Gasteiger partial charge in [0.25, 0.3) is 0 Å². The van der Waals surface area contributed by atoms with E-state index in [1.165, 1.54) is 6.07 Å². The van der Waals surface area contributed by atoms with E-state index in [-0.39, 0.29) is 5.82 Å². The standard InChI is InChI=1S/C14H18FN3S/c1-10(2)19-7-6-18-9-14(16-17-18)12-5-4-11(3)8-13(12)15/h4-5,8-10H,6-7H2,1-3H3. The third-order valence-corrected chi connectivity index (χ3v) is 3.80. The van der Waals surface area contributed by atoms with Crippen molar-refractivity contribution in [3.63, 3.8) is 0 Å². The lowest BCUT2D eigenvalue weighted by atomic mass is 10.1. The van der Waals surface area contributed by atoms with Gasteiger partial charge in [-0.05, 0) is 29.9 Å². The number of hydrogen-bond donors (Lipinski definition) is 0. The summed E-state index contributed by atoms with van der Waals surface area (Å²) < 4.78 is 15.6. The molecule has 0 amide bonds. The van der Waals surface area contributed by atoms with Crippen LogP contribution in [0, 0.1) is 12.7 Å². The van der Waals surface area contributed by atoms with E-state index >= 15 is 0 Å². The molecule has 0 saturated carbocycles. The highest BCUT2D eigenvalue weighted by atomic mass is 32.2. The van der Waals surface area contributed by atoms with Gasteiger partial charge in [0.1, 0.15) is 11.5 Å². The normalized spacial score (nSPS) is 11.2. The van der Waals surface area contributed by atoms with Crippen molar-refractivity contribution in [2.45, 2.75) is 32.6 Å². The highest BCUT2D eigenvalue weighted by Crippen LogP contribution is 2.21. The topological polar surface area (TPSA) is 30.7 Å². The highest BCUT2D eigenvalue weighted by molar-refractivity contribution is 7.99. The third kappa shape index (κ3) is 3.80. The van der Waals surface area contributed by atoms with E-state index in [4.69, 9.17) is 0 Å². The summed E-state index contributed by atoms with van der Waals surface area (Å²) in [6.07, 6.45) is 1.80. The van der Waals surface area contributed by atoms with Crippen LogP contribution in [0.4, 0.5) is 4.39 Å². The van der Waals surface area contributed by atoms with Gasteiger partial charge < -0.3 is 0 Å². The van der Waals surface area contributed by atoms with Crippen LogP contribution in [0.1, 0.15) is 19.4 Å². The van der Waals surface area contributed by atoms with Gasteiger partial charge in [-0.25, -0.2) is 4.39 Å². The molecule has 2 rings (SSSR count). The smallest absolute Gasteiger partial charge is 0.132 e. The second-order valence-electron chi connectivity index (χ2n) is 4.77. The van der Waals surface area contributed by atoms with Crippen LogP contribution < -0.4 is 0 Å². The molecule has 0 aliphatic rings. The third-order valence-electron chi connectivity index (χ3n) is 2.71. The fourth-order valence-corrected chi connectivity index (χ4v) is 2.50. The average molecular weight is 279 g/mol. The fraction of sp³-hybridized carbons (Fsp3) is 0.429. The Bertz CT molecular complexity index is 551. The Balaban J connectivity index is 2.08. The zero-order valence-electron chi connectivity index (χ0n) is 11.4. The number of nitrogens with zero attached hydrogens (tertiary/aromatic N) is 3. The highest BCUT2D eigenvalue weighted by Gasteiger charge is 2.09. The Kier molecular flexibility index (Phi) is 4.58. The predicted octanol–water partition coefficient (Wildman–Crippen LogP) is 3.53. The second kappa shape index (κ2) is 6.19. The van der Waals surface area contributed by atoms with Crippen molar-refractivity contribution in [3.05, 3.63) is 35.8 Å². The molecule has 0 aliphatic carbocycles. The van der Waals surface area contributed by atoms with Gasteiger partial charge >= 0.3 is 0 Å². The molecular formula is C14H18FN3S. The molecule has 1 heterocycles. The van der Waals surface area contributed by atoms with Crippen molar-refractivity contribution in [3.8, 4) is 11.3 Å². The quantitative estimate of drug-likeness (QED) is 0.839. The number of rotatable bonds is 5. The van der Waals surface area contributed by atoms with Crippen molar-refractivity contribution >= 4 is 11.8 Å². The first-order valence-electron chi connectivity index (χ1n) is 6.34. The minimum absolute atomic E-state index is 0.247. The first-order valence-corrected chi connectivity index (χ1v) is 7.39. The maximum atomic E-state index is 13.8. The molecule has 0 atom stereocenters. The predicted molar refractivity (Wildman–Crippen MR) is 77.7 cm³/mol. The van der Waals surface area contributed by atoms with E-state index in [2.05, 4.69) is 24.2 Å². The summed E-state index contributed by atoms with van der Waals surface area (Å²) in [7, 11) is 0. The molecule has 0 radical (unpaired) electrons. The van der Waals surface area contributed by atoms with E-state index in [9.17, 15) is 4.39 Å². The number of aryl methyl sites for hydroxylation is 2. The number of hydrogen-bond acceptors (Lipinski definition) is 3. The summed E-state index contributed by atoms with van der Waals surface area (Å²) in [5.74, 6) is 0.736. The van der Waals surface area contributed by atoms with Crippen LogP contribution in [0.25, 0.3) is 11.3 Å². The lowest BCUT2D eigenvalue weighted by Crippen LogP contribution is -2.03. The Morgan fingerprint density at radius 1 is 1.37 bits per heavy atom. The van der Waals surface area contributed by atoms with Gasteiger partial charge in [0, 0.05) is 11.3 Å². The Morgan fingerprint density at radius 3 is 2.84 bits per heavy atom. The van der Waals surface area contributed by atoms with E-state index in [1.54, 1.807) is 16.9 Å². The zero-order chi connectivity index (χ0) is 13.8. The molecule has 1 aromatic heterocycles. The monoisotopic (exact) mass is 279 g/mol. The first-order chi connectivity index (χ1) is 9.06. The van der Waals surface area contributed by atoms with Gasteiger partial charge in [-0.15, -0.1) is 5.10 Å². The number of halogens is 1. The van der Waals surface area contributed by atoms with E-state index in [0.29, 0.717) is 16.5 Å². The molecule has 19 heavy (non-hydrogen) atoms. The Morgan fingerprint density at radius 2 is 2.16 bits per heavy atom. The Labute approximate surface area is 117 Å². The van der Waals surface area contributed by atoms with Crippen LogP contribution >= 0.6 is 11.8 Å². The molecule has 1 aromatic carbocycles. The molecular weight excluding hydrogens is 261 g/mol. The second-order valence-corrected chi connectivity index (χ2v) is 6.45. The molecule has 0 unspecified atom stereocenters. The summed E-state index contributed by atoms with van der Waals surface area (Å²) in [5.41, 5.74) is 2.00. The van der Waals surface area contributed by atoms with Gasteiger partial charge in [-0.2, -0.15) is 11.8 Å². The fourth-order valence-electron chi connectivity index (χ4n) is 1.74. The maximum absolute atomic E-state index is 13.8. The molecule has 102 valence electrons. The van der Waals surface area contributed by atoms with Crippen molar-refractivity contribution in [1.82, 2.24) is 15.0 Å². The van der Waals surface area contributed by atoms with Crippen molar-refractivity contribution in [2.24, 2.45) is 0 Å². The summed E-state index contributed by atoms with van der Waals surface area (Å²) in [6, 6.07) is 5.15. The van der Waals surface area contributed by atoms with Crippen LogP contribution in [0.5, 0.6) is 0 Å². The van der Waals surface area contributed by atoms with Crippen molar-refractivity contribution in [1.29, 1.82) is 0 Å². The summed E-state index contributed by atoms with van der Waals surface area (Å²) >= 11 is 1.87. The van der Waals surface area contributed by atoms with Crippen molar-refractivity contribution in [2.75, 3.05) is 5.75 Å². The molecule has 2 aromatic rings. The summed E-state index contributed by atoms with van der Waals surface area (Å²) in [4.78, 5) is 0.